The van der Waals surface area contributed by atoms with Crippen LogP contribution in [-0.4, -0.2) is 29.9 Å². The molecule has 0 radical (unpaired) electrons. The summed E-state index contributed by atoms with van der Waals surface area (Å²) in [4.78, 5) is 36.7. The molecule has 9 atom stereocenters. The van der Waals surface area contributed by atoms with Gasteiger partial charge in [-0.25, -0.2) is 0 Å². The summed E-state index contributed by atoms with van der Waals surface area (Å²) in [7, 11) is 0. The van der Waals surface area contributed by atoms with Crippen LogP contribution < -0.4 is 0 Å². The average Bonchev–Trinajstić information content (AvgIpc) is 3.05. The number of esters is 2. The van der Waals surface area contributed by atoms with Crippen LogP contribution in [0, 0.1) is 45.3 Å². The van der Waals surface area contributed by atoms with Gasteiger partial charge in [-0.15, -0.1) is 0 Å². The van der Waals surface area contributed by atoms with Gasteiger partial charge in [-0.05, 0) is 80.0 Å². The standard InChI is InChI=1S/C28H44O5/c1-16(29)19-9-13-28(8)24(19)20(32-17(2)30)15-22-26(6)12-11-23(33-18(3)31)25(4,5)21(26)10-14-27(22,28)7/h19-24H,9-15H2,1-8H3/t19-,20-,21+,22-,23+,24+,26+,27-,28-/m1/s1. The predicted octanol–water partition coefficient (Wildman–Crippen LogP) is 5.73. The molecule has 4 rings (SSSR count). The Balaban J connectivity index is 1.76. The number of carbonyl (C=O) groups is 3. The van der Waals surface area contributed by atoms with Crippen LogP contribution in [-0.2, 0) is 23.9 Å². The van der Waals surface area contributed by atoms with E-state index in [4.69, 9.17) is 9.47 Å². The van der Waals surface area contributed by atoms with E-state index in [1.54, 1.807) is 6.92 Å². The number of hydrogen-bond acceptors (Lipinski definition) is 5. The van der Waals surface area contributed by atoms with Crippen LogP contribution >= 0.6 is 0 Å². The Morgan fingerprint density at radius 2 is 1.33 bits per heavy atom. The lowest BCUT2D eigenvalue weighted by atomic mass is 9.35. The van der Waals surface area contributed by atoms with Gasteiger partial charge in [0.2, 0.25) is 0 Å². The molecule has 4 aliphatic carbocycles. The molecule has 0 saturated heterocycles. The van der Waals surface area contributed by atoms with Gasteiger partial charge in [-0.1, -0.05) is 34.6 Å². The van der Waals surface area contributed by atoms with E-state index in [0.29, 0.717) is 11.8 Å². The zero-order chi connectivity index (χ0) is 24.6. The molecule has 0 unspecified atom stereocenters. The minimum absolute atomic E-state index is 0.0150. The number of hydrogen-bond donors (Lipinski definition) is 0. The highest BCUT2D eigenvalue weighted by Crippen LogP contribution is 2.75. The molecule has 5 heteroatoms. The van der Waals surface area contributed by atoms with Crippen molar-refractivity contribution < 1.29 is 23.9 Å². The topological polar surface area (TPSA) is 69.7 Å². The molecule has 0 heterocycles. The summed E-state index contributed by atoms with van der Waals surface area (Å²) < 4.78 is 11.9. The van der Waals surface area contributed by atoms with Crippen LogP contribution in [0.15, 0.2) is 0 Å². The first kappa shape index (κ1) is 24.7. The van der Waals surface area contributed by atoms with Crippen molar-refractivity contribution in [3.05, 3.63) is 0 Å². The minimum Gasteiger partial charge on any atom is -0.462 e. The zero-order valence-electron chi connectivity index (χ0n) is 22.0. The van der Waals surface area contributed by atoms with Crippen LogP contribution in [0.25, 0.3) is 0 Å². The summed E-state index contributed by atoms with van der Waals surface area (Å²) >= 11 is 0. The Bertz CT molecular complexity index is 847. The molecule has 5 nitrogen and oxygen atoms in total. The normalized spacial score (nSPS) is 48.1. The summed E-state index contributed by atoms with van der Waals surface area (Å²) in [6, 6.07) is 0. The Hall–Kier alpha value is -1.39. The van der Waals surface area contributed by atoms with Crippen LogP contribution in [0.1, 0.15) is 100 Å². The third-order valence-electron chi connectivity index (χ3n) is 11.5. The lowest BCUT2D eigenvalue weighted by Gasteiger charge is -2.70. The van der Waals surface area contributed by atoms with Crippen molar-refractivity contribution in [1.29, 1.82) is 0 Å². The SMILES string of the molecule is CC(=O)O[C@H]1CC[C@]2(C)[C@H]3C[C@@H](OC(C)=O)[C@@H]4[C@@H](C(C)=O)CC[C@@]4(C)[C@]3(C)CC[C@H]2C1(C)C. The van der Waals surface area contributed by atoms with Gasteiger partial charge in [0, 0.05) is 31.1 Å². The quantitative estimate of drug-likeness (QED) is 0.503. The molecule has 0 amide bonds. The molecular weight excluding hydrogens is 416 g/mol. The molecule has 0 aliphatic heterocycles. The van der Waals surface area contributed by atoms with E-state index in [0.717, 1.165) is 44.9 Å². The van der Waals surface area contributed by atoms with Crippen molar-refractivity contribution in [2.75, 3.05) is 0 Å². The molecule has 0 bridgehead atoms. The maximum atomic E-state index is 12.7. The first-order valence-corrected chi connectivity index (χ1v) is 13.0. The summed E-state index contributed by atoms with van der Waals surface area (Å²) in [5.41, 5.74) is 0.0332. The van der Waals surface area contributed by atoms with Crippen molar-refractivity contribution in [2.45, 2.75) is 113 Å². The molecule has 0 spiro atoms. The molecule has 0 aromatic carbocycles. The molecule has 0 N–H and O–H groups in total. The van der Waals surface area contributed by atoms with Crippen molar-refractivity contribution >= 4 is 17.7 Å². The summed E-state index contributed by atoms with van der Waals surface area (Å²) in [5.74, 6) is 0.732. The second-order valence-electron chi connectivity index (χ2n) is 13.1. The monoisotopic (exact) mass is 460 g/mol. The smallest absolute Gasteiger partial charge is 0.302 e. The van der Waals surface area contributed by atoms with Gasteiger partial charge in [0.05, 0.1) is 0 Å². The molecule has 0 aromatic rings. The molecule has 4 fully saturated rings. The van der Waals surface area contributed by atoms with Gasteiger partial charge in [0.15, 0.2) is 0 Å². The first-order valence-electron chi connectivity index (χ1n) is 13.0. The Labute approximate surface area is 199 Å². The molecule has 33 heavy (non-hydrogen) atoms. The fourth-order valence-electron chi connectivity index (χ4n) is 9.90. The summed E-state index contributed by atoms with van der Waals surface area (Å²) in [5, 5.41) is 0. The maximum absolute atomic E-state index is 12.7. The lowest BCUT2D eigenvalue weighted by molar-refractivity contribution is -0.247. The Morgan fingerprint density at radius 1 is 0.727 bits per heavy atom. The summed E-state index contributed by atoms with van der Waals surface area (Å²) in [6.45, 7) is 16.6. The second-order valence-corrected chi connectivity index (χ2v) is 13.1. The van der Waals surface area contributed by atoms with Gasteiger partial charge in [0.1, 0.15) is 18.0 Å². The van der Waals surface area contributed by atoms with Crippen LogP contribution in [0.2, 0.25) is 0 Å². The predicted molar refractivity (Wildman–Crippen MR) is 126 cm³/mol. The van der Waals surface area contributed by atoms with E-state index in [-0.39, 0.29) is 63.4 Å². The van der Waals surface area contributed by atoms with Crippen molar-refractivity contribution in [3.8, 4) is 0 Å². The van der Waals surface area contributed by atoms with E-state index in [1.165, 1.54) is 13.8 Å². The fraction of sp³-hybridized carbons (Fsp3) is 0.893. The van der Waals surface area contributed by atoms with Crippen LogP contribution in [0.5, 0.6) is 0 Å². The average molecular weight is 461 g/mol. The lowest BCUT2D eigenvalue weighted by Crippen LogP contribution is -2.66. The van der Waals surface area contributed by atoms with Crippen molar-refractivity contribution in [1.82, 2.24) is 0 Å². The number of rotatable bonds is 3. The first-order chi connectivity index (χ1) is 15.2. The number of ketones is 1. The van der Waals surface area contributed by atoms with E-state index < -0.39 is 0 Å². The van der Waals surface area contributed by atoms with Gasteiger partial charge in [-0.2, -0.15) is 0 Å². The second kappa shape index (κ2) is 7.81. The largest absolute Gasteiger partial charge is 0.462 e. The molecule has 0 aromatic heterocycles. The van der Waals surface area contributed by atoms with E-state index in [1.807, 2.05) is 0 Å². The van der Waals surface area contributed by atoms with E-state index in [9.17, 15) is 14.4 Å². The third kappa shape index (κ3) is 3.42. The zero-order valence-corrected chi connectivity index (χ0v) is 22.0. The number of Topliss-reactive ketones (excluding diaryl/α,β-unsaturated/α-hetero) is 1. The molecule has 4 saturated carbocycles. The molecular formula is C28H44O5. The third-order valence-corrected chi connectivity index (χ3v) is 11.5. The van der Waals surface area contributed by atoms with Crippen molar-refractivity contribution in [2.24, 2.45) is 45.3 Å². The van der Waals surface area contributed by atoms with Gasteiger partial charge >= 0.3 is 11.9 Å². The van der Waals surface area contributed by atoms with E-state index >= 15 is 0 Å². The van der Waals surface area contributed by atoms with Crippen LogP contribution in [0.3, 0.4) is 0 Å². The molecule has 4 aliphatic rings. The highest BCUT2D eigenvalue weighted by atomic mass is 16.5. The Morgan fingerprint density at radius 3 is 1.91 bits per heavy atom. The molecule has 186 valence electrons. The highest BCUT2D eigenvalue weighted by Gasteiger charge is 2.71. The fourth-order valence-corrected chi connectivity index (χ4v) is 9.90. The highest BCUT2D eigenvalue weighted by molar-refractivity contribution is 5.79. The number of fused-ring (bicyclic) bond motifs is 5. The maximum Gasteiger partial charge on any atom is 0.302 e. The Kier molecular flexibility index (Phi) is 5.85. The van der Waals surface area contributed by atoms with Gasteiger partial charge < -0.3 is 9.47 Å². The van der Waals surface area contributed by atoms with Gasteiger partial charge in [0.25, 0.3) is 0 Å². The van der Waals surface area contributed by atoms with Gasteiger partial charge in [-0.3, -0.25) is 14.4 Å². The van der Waals surface area contributed by atoms with Crippen LogP contribution in [0.4, 0.5) is 0 Å². The number of carbonyl (C=O) groups excluding carboxylic acids is 3. The van der Waals surface area contributed by atoms with E-state index in [2.05, 4.69) is 34.6 Å². The summed E-state index contributed by atoms with van der Waals surface area (Å²) in [6.07, 6.45) is 6.61. The minimum atomic E-state index is -0.239. The number of ether oxygens (including phenoxy) is 2. The van der Waals surface area contributed by atoms with Crippen molar-refractivity contribution in [3.63, 3.8) is 0 Å².